The van der Waals surface area contributed by atoms with Gasteiger partial charge in [0.05, 0.1) is 0 Å². The van der Waals surface area contributed by atoms with Gasteiger partial charge in [-0.05, 0) is 30.5 Å². The van der Waals surface area contributed by atoms with Gasteiger partial charge in [0.15, 0.2) is 0 Å². The highest BCUT2D eigenvalue weighted by molar-refractivity contribution is 6.05. The van der Waals surface area contributed by atoms with Crippen molar-refractivity contribution in [2.45, 2.75) is 44.6 Å². The van der Waals surface area contributed by atoms with E-state index < -0.39 is 17.6 Å². The number of nitrogens with zero attached hydrogens (tertiary/aromatic N) is 2. The molecule has 8 heteroatoms. The van der Waals surface area contributed by atoms with Crippen molar-refractivity contribution in [2.75, 3.05) is 26.2 Å². The SMILES string of the molecule is CC1(F)CNCCN(Cc2ccc3c(c2)C(=O)N(C2CCC(=O)NC2=O)C3)C1. The van der Waals surface area contributed by atoms with Gasteiger partial charge < -0.3 is 10.2 Å². The van der Waals surface area contributed by atoms with E-state index in [4.69, 9.17) is 0 Å². The van der Waals surface area contributed by atoms with Crippen molar-refractivity contribution >= 4 is 17.7 Å². The lowest BCUT2D eigenvalue weighted by molar-refractivity contribution is -0.136. The van der Waals surface area contributed by atoms with Crippen LogP contribution in [0.25, 0.3) is 0 Å². The molecule has 4 rings (SSSR count). The molecule has 1 aromatic rings. The number of piperidine rings is 1. The van der Waals surface area contributed by atoms with Crippen molar-refractivity contribution in [3.8, 4) is 0 Å². The first kappa shape index (κ1) is 19.0. The number of amides is 3. The maximum atomic E-state index is 14.5. The monoisotopic (exact) mass is 388 g/mol. The fourth-order valence-electron chi connectivity index (χ4n) is 4.28. The van der Waals surface area contributed by atoms with Gasteiger partial charge in [0.2, 0.25) is 11.8 Å². The van der Waals surface area contributed by atoms with Gasteiger partial charge in [-0.15, -0.1) is 0 Å². The highest BCUT2D eigenvalue weighted by atomic mass is 19.1. The van der Waals surface area contributed by atoms with Crippen molar-refractivity contribution in [3.05, 3.63) is 34.9 Å². The minimum absolute atomic E-state index is 0.181. The predicted molar refractivity (Wildman–Crippen MR) is 100 cm³/mol. The van der Waals surface area contributed by atoms with Crippen LogP contribution in [0.3, 0.4) is 0 Å². The average molecular weight is 388 g/mol. The van der Waals surface area contributed by atoms with Crippen molar-refractivity contribution in [1.29, 1.82) is 0 Å². The zero-order chi connectivity index (χ0) is 19.9. The molecule has 0 spiro atoms. The van der Waals surface area contributed by atoms with Crippen LogP contribution in [-0.4, -0.2) is 65.4 Å². The molecule has 0 radical (unpaired) electrons. The minimum Gasteiger partial charge on any atom is -0.322 e. The zero-order valence-electron chi connectivity index (χ0n) is 16.0. The summed E-state index contributed by atoms with van der Waals surface area (Å²) in [5, 5.41) is 5.42. The largest absolute Gasteiger partial charge is 0.322 e. The Bertz CT molecular complexity index is 826. The Hall–Kier alpha value is -2.32. The molecule has 2 fully saturated rings. The number of nitrogens with one attached hydrogen (secondary N) is 2. The summed E-state index contributed by atoms with van der Waals surface area (Å²) < 4.78 is 14.5. The molecule has 0 aliphatic carbocycles. The Morgan fingerprint density at radius 1 is 1.29 bits per heavy atom. The number of fused-ring (bicyclic) bond motifs is 1. The fraction of sp³-hybridized carbons (Fsp3) is 0.550. The molecular weight excluding hydrogens is 363 g/mol. The van der Waals surface area contributed by atoms with E-state index in [-0.39, 0.29) is 18.2 Å². The van der Waals surface area contributed by atoms with Crippen molar-refractivity contribution in [3.63, 3.8) is 0 Å². The van der Waals surface area contributed by atoms with E-state index >= 15 is 0 Å². The molecule has 7 nitrogen and oxygen atoms in total. The van der Waals surface area contributed by atoms with Gasteiger partial charge in [-0.3, -0.25) is 24.6 Å². The molecule has 3 heterocycles. The number of carbonyl (C=O) groups excluding carboxylic acids is 3. The summed E-state index contributed by atoms with van der Waals surface area (Å²) in [5.41, 5.74) is 1.14. The Morgan fingerprint density at radius 3 is 2.89 bits per heavy atom. The second-order valence-electron chi connectivity index (χ2n) is 8.19. The number of halogens is 1. The number of benzene rings is 1. The van der Waals surface area contributed by atoms with Crippen molar-refractivity contribution in [1.82, 2.24) is 20.4 Å². The fourth-order valence-corrected chi connectivity index (χ4v) is 4.28. The van der Waals surface area contributed by atoms with Crippen LogP contribution in [0.15, 0.2) is 18.2 Å². The quantitative estimate of drug-likeness (QED) is 0.741. The number of hydrogen-bond donors (Lipinski definition) is 2. The number of imide groups is 1. The standard InChI is InChI=1S/C20H25FN4O3/c1-20(21)11-22-6-7-24(12-20)9-13-2-3-14-10-25(19(28)15(14)8-13)16-4-5-17(26)23-18(16)27/h2-3,8,16,22H,4-7,9-12H2,1H3,(H,23,26,27). The van der Waals surface area contributed by atoms with Crippen LogP contribution < -0.4 is 10.6 Å². The number of hydrogen-bond acceptors (Lipinski definition) is 5. The van der Waals surface area contributed by atoms with Crippen LogP contribution >= 0.6 is 0 Å². The van der Waals surface area contributed by atoms with Gasteiger partial charge in [0.25, 0.3) is 5.91 Å². The Balaban J connectivity index is 1.48. The molecule has 0 aromatic heterocycles. The summed E-state index contributed by atoms with van der Waals surface area (Å²) in [6, 6.07) is 5.13. The Kier molecular flexibility index (Phi) is 4.93. The number of rotatable bonds is 3. The Morgan fingerprint density at radius 2 is 2.11 bits per heavy atom. The van der Waals surface area contributed by atoms with Crippen LogP contribution in [0.5, 0.6) is 0 Å². The normalized spacial score (nSPS) is 28.9. The smallest absolute Gasteiger partial charge is 0.255 e. The van der Waals surface area contributed by atoms with E-state index in [1.165, 1.54) is 0 Å². The summed E-state index contributed by atoms with van der Waals surface area (Å²) in [6.45, 7) is 4.69. The molecule has 2 unspecified atom stereocenters. The first-order chi connectivity index (χ1) is 13.3. The minimum atomic E-state index is -1.29. The Labute approximate surface area is 163 Å². The molecule has 1 aromatic carbocycles. The van der Waals surface area contributed by atoms with Crippen LogP contribution in [0.1, 0.15) is 41.3 Å². The highest BCUT2D eigenvalue weighted by Crippen LogP contribution is 2.28. The summed E-state index contributed by atoms with van der Waals surface area (Å²) in [5.74, 6) is -0.879. The third-order valence-corrected chi connectivity index (χ3v) is 5.65. The molecule has 28 heavy (non-hydrogen) atoms. The van der Waals surface area contributed by atoms with Gasteiger partial charge >= 0.3 is 0 Å². The highest BCUT2D eigenvalue weighted by Gasteiger charge is 2.39. The summed E-state index contributed by atoms with van der Waals surface area (Å²) in [4.78, 5) is 40.0. The topological polar surface area (TPSA) is 81.8 Å². The molecular formula is C20H25FN4O3. The molecule has 3 amide bonds. The zero-order valence-corrected chi connectivity index (χ0v) is 16.0. The van der Waals surface area contributed by atoms with E-state index in [2.05, 4.69) is 15.5 Å². The van der Waals surface area contributed by atoms with E-state index in [1.807, 2.05) is 18.2 Å². The lowest BCUT2D eigenvalue weighted by Gasteiger charge is -2.29. The second-order valence-corrected chi connectivity index (χ2v) is 8.19. The van der Waals surface area contributed by atoms with E-state index in [0.29, 0.717) is 38.2 Å². The van der Waals surface area contributed by atoms with Gasteiger partial charge in [0.1, 0.15) is 11.7 Å². The van der Waals surface area contributed by atoms with Crippen molar-refractivity contribution < 1.29 is 18.8 Å². The molecule has 0 bridgehead atoms. The second kappa shape index (κ2) is 7.25. The molecule has 2 atom stereocenters. The van der Waals surface area contributed by atoms with E-state index in [9.17, 15) is 18.8 Å². The lowest BCUT2D eigenvalue weighted by atomic mass is 10.0. The lowest BCUT2D eigenvalue weighted by Crippen LogP contribution is -2.52. The van der Waals surface area contributed by atoms with E-state index in [1.54, 1.807) is 11.8 Å². The van der Waals surface area contributed by atoms with Gasteiger partial charge in [-0.25, -0.2) is 4.39 Å². The molecule has 0 saturated carbocycles. The first-order valence-electron chi connectivity index (χ1n) is 9.71. The summed E-state index contributed by atoms with van der Waals surface area (Å²) >= 11 is 0. The average Bonchev–Trinajstić information content (AvgIpc) is 2.83. The van der Waals surface area contributed by atoms with Crippen LogP contribution in [0.4, 0.5) is 4.39 Å². The molecule has 150 valence electrons. The van der Waals surface area contributed by atoms with Gasteiger partial charge in [0, 0.05) is 51.3 Å². The maximum absolute atomic E-state index is 14.5. The third-order valence-electron chi connectivity index (χ3n) is 5.65. The van der Waals surface area contributed by atoms with Gasteiger partial charge in [-0.2, -0.15) is 0 Å². The molecule has 2 saturated heterocycles. The van der Waals surface area contributed by atoms with Crippen molar-refractivity contribution in [2.24, 2.45) is 0 Å². The first-order valence-corrected chi connectivity index (χ1v) is 9.71. The summed E-state index contributed by atoms with van der Waals surface area (Å²) in [7, 11) is 0. The van der Waals surface area contributed by atoms with E-state index in [0.717, 1.165) is 24.2 Å². The van der Waals surface area contributed by atoms with Crippen LogP contribution in [0.2, 0.25) is 0 Å². The van der Waals surface area contributed by atoms with Gasteiger partial charge in [-0.1, -0.05) is 12.1 Å². The maximum Gasteiger partial charge on any atom is 0.255 e. The number of alkyl halides is 1. The number of carbonyl (C=O) groups is 3. The molecule has 3 aliphatic heterocycles. The van der Waals surface area contributed by atoms with Crippen LogP contribution in [0, 0.1) is 0 Å². The summed E-state index contributed by atoms with van der Waals surface area (Å²) in [6.07, 6.45) is 0.597. The molecule has 3 aliphatic rings. The van der Waals surface area contributed by atoms with Crippen LogP contribution in [-0.2, 0) is 22.7 Å². The third kappa shape index (κ3) is 3.79. The molecule has 2 N–H and O–H groups in total. The predicted octanol–water partition coefficient (Wildman–Crippen LogP) is 0.581.